The Bertz CT molecular complexity index is 3260. The fourth-order valence-corrected chi connectivity index (χ4v) is 9.82. The van der Waals surface area contributed by atoms with E-state index in [1.807, 2.05) is 6.07 Å². The third kappa shape index (κ3) is 5.66. The summed E-state index contributed by atoms with van der Waals surface area (Å²) in [5.41, 5.74) is 10.5. The molecule has 4 aromatic heterocycles. The Kier molecular flexibility index (Phi) is 7.83. The van der Waals surface area contributed by atoms with E-state index in [1.165, 1.54) is 25.9 Å². The molecule has 0 spiro atoms. The van der Waals surface area contributed by atoms with Crippen molar-refractivity contribution >= 4 is 63.3 Å². The average Bonchev–Trinajstić information content (AvgIpc) is 3.85. The maximum Gasteiger partial charge on any atom is 0.161 e. The molecule has 0 aliphatic carbocycles. The lowest BCUT2D eigenvalue weighted by Gasteiger charge is -2.11. The quantitative estimate of drug-likeness (QED) is 0.170. The first-order valence-electron chi connectivity index (χ1n) is 18.5. The number of thiophene rings is 2. The molecular formula is C50H30N4S2. The van der Waals surface area contributed by atoms with Crippen LogP contribution in [0.15, 0.2) is 182 Å². The summed E-state index contributed by atoms with van der Waals surface area (Å²) in [6, 6.07) is 63.8. The van der Waals surface area contributed by atoms with Crippen LogP contribution in [0.1, 0.15) is 0 Å². The first kappa shape index (κ1) is 32.6. The van der Waals surface area contributed by atoms with E-state index in [0.717, 1.165) is 70.6 Å². The molecule has 11 rings (SSSR count). The molecule has 262 valence electrons. The van der Waals surface area contributed by atoms with Gasteiger partial charge in [0, 0.05) is 53.2 Å². The van der Waals surface area contributed by atoms with E-state index in [2.05, 4.69) is 176 Å². The van der Waals surface area contributed by atoms with Crippen LogP contribution < -0.4 is 0 Å². The van der Waals surface area contributed by atoms with Crippen molar-refractivity contribution in [1.29, 1.82) is 0 Å². The molecule has 0 saturated carbocycles. The van der Waals surface area contributed by atoms with E-state index in [4.69, 9.17) is 19.9 Å². The predicted octanol–water partition coefficient (Wildman–Crippen LogP) is 14.0. The van der Waals surface area contributed by atoms with Gasteiger partial charge in [0.15, 0.2) is 11.6 Å². The SMILES string of the molecule is c1ccc(-c2cccc(-c3cccc(-c4nc(-c5cccc(-c6nc(-c7ccccc7)c7c(n6)sc6ccccc67)c5)nc5sc6ccccc6c45)c3)c2)cc1. The minimum Gasteiger partial charge on any atom is -0.227 e. The van der Waals surface area contributed by atoms with Crippen molar-refractivity contribution in [2.45, 2.75) is 0 Å². The summed E-state index contributed by atoms with van der Waals surface area (Å²) in [5.74, 6) is 1.35. The van der Waals surface area contributed by atoms with E-state index in [-0.39, 0.29) is 0 Å². The Hall–Kier alpha value is -6.86. The third-order valence-corrected chi connectivity index (χ3v) is 12.5. The van der Waals surface area contributed by atoms with Gasteiger partial charge in [-0.25, -0.2) is 19.9 Å². The largest absolute Gasteiger partial charge is 0.227 e. The second-order valence-corrected chi connectivity index (χ2v) is 15.9. The van der Waals surface area contributed by atoms with Crippen molar-refractivity contribution in [3.8, 4) is 67.5 Å². The molecule has 0 aliphatic heterocycles. The van der Waals surface area contributed by atoms with Crippen molar-refractivity contribution in [3.05, 3.63) is 182 Å². The van der Waals surface area contributed by atoms with Crippen molar-refractivity contribution in [2.24, 2.45) is 0 Å². The third-order valence-electron chi connectivity index (χ3n) is 10.3. The van der Waals surface area contributed by atoms with Crippen molar-refractivity contribution in [3.63, 3.8) is 0 Å². The topological polar surface area (TPSA) is 51.6 Å². The second kappa shape index (κ2) is 13.5. The van der Waals surface area contributed by atoms with Gasteiger partial charge in [-0.05, 0) is 52.6 Å². The minimum atomic E-state index is 0.670. The Balaban J connectivity index is 1.06. The first-order valence-corrected chi connectivity index (χ1v) is 20.2. The highest BCUT2D eigenvalue weighted by Crippen LogP contribution is 2.42. The van der Waals surface area contributed by atoms with E-state index in [1.54, 1.807) is 22.7 Å². The number of nitrogens with zero attached hydrogens (tertiary/aromatic N) is 4. The van der Waals surface area contributed by atoms with Crippen LogP contribution in [0.5, 0.6) is 0 Å². The molecule has 6 heteroatoms. The number of benzene rings is 7. The van der Waals surface area contributed by atoms with Crippen LogP contribution in [0.4, 0.5) is 0 Å². The van der Waals surface area contributed by atoms with Crippen LogP contribution in [-0.2, 0) is 0 Å². The molecule has 7 aromatic carbocycles. The molecule has 0 radical (unpaired) electrons. The highest BCUT2D eigenvalue weighted by Gasteiger charge is 2.20. The number of rotatable bonds is 6. The van der Waals surface area contributed by atoms with Gasteiger partial charge in [-0.2, -0.15) is 0 Å². The summed E-state index contributed by atoms with van der Waals surface area (Å²) in [4.78, 5) is 23.0. The van der Waals surface area contributed by atoms with Crippen LogP contribution in [0.3, 0.4) is 0 Å². The van der Waals surface area contributed by atoms with Crippen LogP contribution in [0.25, 0.3) is 108 Å². The zero-order valence-electron chi connectivity index (χ0n) is 29.9. The van der Waals surface area contributed by atoms with Gasteiger partial charge in [-0.15, -0.1) is 22.7 Å². The molecule has 0 atom stereocenters. The lowest BCUT2D eigenvalue weighted by molar-refractivity contribution is 1.23. The Morgan fingerprint density at radius 3 is 1.21 bits per heavy atom. The summed E-state index contributed by atoms with van der Waals surface area (Å²) in [5, 5.41) is 4.51. The van der Waals surface area contributed by atoms with Gasteiger partial charge < -0.3 is 0 Å². The van der Waals surface area contributed by atoms with Gasteiger partial charge in [-0.1, -0.05) is 152 Å². The predicted molar refractivity (Wildman–Crippen MR) is 236 cm³/mol. The highest BCUT2D eigenvalue weighted by molar-refractivity contribution is 7.26. The van der Waals surface area contributed by atoms with Gasteiger partial charge >= 0.3 is 0 Å². The smallest absolute Gasteiger partial charge is 0.161 e. The molecule has 11 aromatic rings. The fraction of sp³-hybridized carbons (Fsp3) is 0. The van der Waals surface area contributed by atoms with Gasteiger partial charge in [-0.3, -0.25) is 0 Å². The second-order valence-electron chi connectivity index (χ2n) is 13.8. The summed E-state index contributed by atoms with van der Waals surface area (Å²) >= 11 is 3.42. The zero-order chi connectivity index (χ0) is 37.0. The van der Waals surface area contributed by atoms with E-state index in [0.29, 0.717) is 11.6 Å². The molecule has 0 unspecified atom stereocenters. The average molecular weight is 751 g/mol. The Labute approximate surface area is 331 Å². The standard InChI is InChI=1S/C50H30N4S2/c1-3-14-31(15-4-1)33-18-11-19-34(28-33)35-20-12-21-36(29-35)46-44-40-25-8-10-27-42(40)56-50(44)54-48(52-46)38-23-13-22-37(30-38)47-51-45(32-16-5-2-6-17-32)43-39-24-7-9-26-41(39)55-49(43)53-47/h1-30H. The van der Waals surface area contributed by atoms with Crippen LogP contribution in [-0.4, -0.2) is 19.9 Å². The summed E-state index contributed by atoms with van der Waals surface area (Å²) in [7, 11) is 0. The zero-order valence-corrected chi connectivity index (χ0v) is 31.6. The maximum absolute atomic E-state index is 5.40. The first-order chi connectivity index (χ1) is 27.7. The van der Waals surface area contributed by atoms with E-state index in [9.17, 15) is 0 Å². The lowest BCUT2D eigenvalue weighted by Crippen LogP contribution is -1.96. The highest BCUT2D eigenvalue weighted by atomic mass is 32.1. The van der Waals surface area contributed by atoms with E-state index >= 15 is 0 Å². The molecule has 4 nitrogen and oxygen atoms in total. The molecule has 4 heterocycles. The van der Waals surface area contributed by atoms with Crippen molar-refractivity contribution in [1.82, 2.24) is 19.9 Å². The van der Waals surface area contributed by atoms with E-state index < -0.39 is 0 Å². The molecule has 0 bridgehead atoms. The number of aromatic nitrogens is 4. The lowest BCUT2D eigenvalue weighted by atomic mass is 9.96. The molecule has 0 amide bonds. The molecule has 0 saturated heterocycles. The van der Waals surface area contributed by atoms with Crippen LogP contribution >= 0.6 is 22.7 Å². The van der Waals surface area contributed by atoms with Gasteiger partial charge in [0.25, 0.3) is 0 Å². The Morgan fingerprint density at radius 2 is 0.661 bits per heavy atom. The Morgan fingerprint density at radius 1 is 0.286 bits per heavy atom. The molecule has 0 fully saturated rings. The summed E-state index contributed by atoms with van der Waals surface area (Å²) in [6.45, 7) is 0. The number of hydrogen-bond donors (Lipinski definition) is 0. The van der Waals surface area contributed by atoms with Gasteiger partial charge in [0.2, 0.25) is 0 Å². The van der Waals surface area contributed by atoms with Crippen LogP contribution in [0, 0.1) is 0 Å². The normalized spacial score (nSPS) is 11.6. The number of fused-ring (bicyclic) bond motifs is 6. The van der Waals surface area contributed by atoms with Gasteiger partial charge in [0.1, 0.15) is 9.66 Å². The van der Waals surface area contributed by atoms with Crippen LogP contribution in [0.2, 0.25) is 0 Å². The van der Waals surface area contributed by atoms with Gasteiger partial charge in [0.05, 0.1) is 11.4 Å². The van der Waals surface area contributed by atoms with Crippen molar-refractivity contribution < 1.29 is 0 Å². The molecule has 56 heavy (non-hydrogen) atoms. The maximum atomic E-state index is 5.40. The fourth-order valence-electron chi connectivity index (χ4n) is 7.67. The minimum absolute atomic E-state index is 0.670. The monoisotopic (exact) mass is 750 g/mol. The number of hydrogen-bond acceptors (Lipinski definition) is 6. The molecule has 0 aliphatic rings. The molecular weight excluding hydrogens is 721 g/mol. The molecule has 0 N–H and O–H groups in total. The summed E-state index contributed by atoms with van der Waals surface area (Å²) < 4.78 is 2.39. The van der Waals surface area contributed by atoms with Crippen molar-refractivity contribution in [2.75, 3.05) is 0 Å². The summed E-state index contributed by atoms with van der Waals surface area (Å²) in [6.07, 6.45) is 0.